The zero-order chi connectivity index (χ0) is 13.2. The van der Waals surface area contributed by atoms with Gasteiger partial charge in [-0.05, 0) is 19.9 Å². The van der Waals surface area contributed by atoms with E-state index in [1.54, 1.807) is 6.07 Å². The number of nitro groups is 1. The molecule has 0 aliphatic carbocycles. The third-order valence-corrected chi connectivity index (χ3v) is 2.54. The lowest BCUT2D eigenvalue weighted by atomic mass is 10.3. The van der Waals surface area contributed by atoms with E-state index in [9.17, 15) is 10.1 Å². The predicted octanol–water partition coefficient (Wildman–Crippen LogP) is 1.55. The lowest BCUT2D eigenvalue weighted by Gasteiger charge is -2.17. The van der Waals surface area contributed by atoms with Gasteiger partial charge in [0.25, 0.3) is 5.69 Å². The molecule has 0 amide bonds. The number of rotatable bonds is 4. The smallest absolute Gasteiger partial charge is 0.287 e. The minimum absolute atomic E-state index is 0.0258. The molecule has 0 spiro atoms. The van der Waals surface area contributed by atoms with Crippen LogP contribution in [0.15, 0.2) is 18.3 Å². The van der Waals surface area contributed by atoms with Crippen LogP contribution in [0.25, 0.3) is 0 Å². The molecule has 7 heteroatoms. The molecule has 1 atom stereocenters. The molecular weight excluding hydrogens is 238 g/mol. The van der Waals surface area contributed by atoms with Gasteiger partial charge in [-0.1, -0.05) is 0 Å². The van der Waals surface area contributed by atoms with Crippen LogP contribution < -0.4 is 5.32 Å². The Morgan fingerprint density at radius 1 is 1.61 bits per heavy atom. The summed E-state index contributed by atoms with van der Waals surface area (Å²) in [5.41, 5.74) is -0.0258. The Balaban J connectivity index is 1.85. The summed E-state index contributed by atoms with van der Waals surface area (Å²) >= 11 is 0. The molecule has 0 bridgehead atoms. The highest BCUT2D eigenvalue weighted by Crippen LogP contribution is 2.22. The van der Waals surface area contributed by atoms with Crippen LogP contribution in [-0.4, -0.2) is 35.0 Å². The van der Waals surface area contributed by atoms with Gasteiger partial charge < -0.3 is 14.8 Å². The van der Waals surface area contributed by atoms with E-state index in [2.05, 4.69) is 10.3 Å². The Morgan fingerprint density at radius 3 is 2.89 bits per heavy atom. The van der Waals surface area contributed by atoms with Crippen molar-refractivity contribution in [2.45, 2.75) is 25.7 Å². The second kappa shape index (κ2) is 4.87. The Morgan fingerprint density at radius 2 is 2.39 bits per heavy atom. The lowest BCUT2D eigenvalue weighted by Crippen LogP contribution is -2.26. The highest BCUT2D eigenvalue weighted by atomic mass is 16.7. The molecule has 1 aliphatic rings. The van der Waals surface area contributed by atoms with Crippen LogP contribution in [0.2, 0.25) is 0 Å². The van der Waals surface area contributed by atoms with Crippen molar-refractivity contribution in [3.63, 3.8) is 0 Å². The van der Waals surface area contributed by atoms with Gasteiger partial charge in [-0.15, -0.1) is 0 Å². The molecule has 1 aromatic heterocycles. The van der Waals surface area contributed by atoms with Gasteiger partial charge in [0, 0.05) is 12.6 Å². The first kappa shape index (κ1) is 12.7. The predicted molar refractivity (Wildman–Crippen MR) is 64.3 cm³/mol. The van der Waals surface area contributed by atoms with Gasteiger partial charge in [0.2, 0.25) is 0 Å². The van der Waals surface area contributed by atoms with Crippen molar-refractivity contribution in [3.8, 4) is 0 Å². The number of hydrogen-bond acceptors (Lipinski definition) is 6. The summed E-state index contributed by atoms with van der Waals surface area (Å²) in [7, 11) is 0. The molecule has 98 valence electrons. The van der Waals surface area contributed by atoms with Gasteiger partial charge in [-0.3, -0.25) is 10.1 Å². The van der Waals surface area contributed by atoms with Gasteiger partial charge >= 0.3 is 0 Å². The van der Waals surface area contributed by atoms with Gasteiger partial charge in [-0.2, -0.15) is 0 Å². The third-order valence-electron chi connectivity index (χ3n) is 2.54. The van der Waals surface area contributed by atoms with Crippen LogP contribution in [0, 0.1) is 10.1 Å². The van der Waals surface area contributed by atoms with E-state index >= 15 is 0 Å². The monoisotopic (exact) mass is 253 g/mol. The van der Waals surface area contributed by atoms with Crippen molar-refractivity contribution in [1.29, 1.82) is 0 Å². The molecule has 1 fully saturated rings. The van der Waals surface area contributed by atoms with Crippen LogP contribution in [0.1, 0.15) is 13.8 Å². The van der Waals surface area contributed by atoms with E-state index in [0.29, 0.717) is 19.0 Å². The summed E-state index contributed by atoms with van der Waals surface area (Å²) < 4.78 is 11.0. The number of ether oxygens (including phenoxy) is 2. The molecular formula is C11H15N3O4. The number of nitrogens with zero attached hydrogens (tertiary/aromatic N) is 2. The van der Waals surface area contributed by atoms with Crippen molar-refractivity contribution in [2.75, 3.05) is 18.5 Å². The van der Waals surface area contributed by atoms with Crippen LogP contribution in [0.3, 0.4) is 0 Å². The molecule has 0 aromatic carbocycles. The van der Waals surface area contributed by atoms with Crippen molar-refractivity contribution >= 4 is 11.5 Å². The van der Waals surface area contributed by atoms with Gasteiger partial charge in [-0.25, -0.2) is 4.98 Å². The molecule has 0 saturated carbocycles. The molecule has 18 heavy (non-hydrogen) atoms. The number of pyridine rings is 1. The second-order valence-electron chi connectivity index (χ2n) is 4.49. The van der Waals surface area contributed by atoms with Crippen molar-refractivity contribution in [2.24, 2.45) is 0 Å². The fourth-order valence-corrected chi connectivity index (χ4v) is 1.68. The molecule has 2 heterocycles. The average molecular weight is 253 g/mol. The Labute approximate surface area is 104 Å². The highest BCUT2D eigenvalue weighted by molar-refractivity contribution is 5.40. The van der Waals surface area contributed by atoms with E-state index in [1.807, 2.05) is 13.8 Å². The second-order valence-corrected chi connectivity index (χ2v) is 4.49. The maximum atomic E-state index is 10.5. The maximum absolute atomic E-state index is 10.5. The molecule has 1 saturated heterocycles. The summed E-state index contributed by atoms with van der Waals surface area (Å²) in [4.78, 5) is 13.9. The summed E-state index contributed by atoms with van der Waals surface area (Å²) in [5.74, 6) is 0.0313. The van der Waals surface area contributed by atoms with Crippen LogP contribution >= 0.6 is 0 Å². The van der Waals surface area contributed by atoms with Gasteiger partial charge in [0.15, 0.2) is 5.79 Å². The first-order chi connectivity index (χ1) is 8.46. The van der Waals surface area contributed by atoms with Crippen molar-refractivity contribution in [1.82, 2.24) is 4.98 Å². The quantitative estimate of drug-likeness (QED) is 0.647. The summed E-state index contributed by atoms with van der Waals surface area (Å²) in [6, 6.07) is 2.98. The van der Waals surface area contributed by atoms with E-state index in [1.165, 1.54) is 12.3 Å². The first-order valence-corrected chi connectivity index (χ1v) is 5.62. The number of nitrogens with one attached hydrogen (secondary N) is 1. The number of hydrogen-bond donors (Lipinski definition) is 1. The van der Waals surface area contributed by atoms with E-state index < -0.39 is 10.7 Å². The van der Waals surface area contributed by atoms with Crippen LogP contribution in [-0.2, 0) is 9.47 Å². The molecule has 2 rings (SSSR count). The van der Waals surface area contributed by atoms with E-state index in [0.717, 1.165) is 0 Å². The Hall–Kier alpha value is -1.73. The largest absolute Gasteiger partial charge is 0.367 e. The van der Waals surface area contributed by atoms with Crippen molar-refractivity contribution in [3.05, 3.63) is 28.4 Å². The summed E-state index contributed by atoms with van der Waals surface area (Å²) in [6.07, 6.45) is 1.18. The lowest BCUT2D eigenvalue weighted by molar-refractivity contribution is -0.385. The van der Waals surface area contributed by atoms with Gasteiger partial charge in [0.1, 0.15) is 18.1 Å². The SMILES string of the molecule is CC1(C)OCC(CNc2ccc([N+](=O)[O-])cn2)O1. The minimum Gasteiger partial charge on any atom is -0.367 e. The zero-order valence-electron chi connectivity index (χ0n) is 10.3. The Kier molecular flexibility index (Phi) is 3.44. The van der Waals surface area contributed by atoms with E-state index in [-0.39, 0.29) is 11.8 Å². The molecule has 1 unspecified atom stereocenters. The molecule has 1 N–H and O–H groups in total. The van der Waals surface area contributed by atoms with Crippen LogP contribution in [0.4, 0.5) is 11.5 Å². The average Bonchev–Trinajstić information content (AvgIpc) is 2.67. The summed E-state index contributed by atoms with van der Waals surface area (Å²) in [5, 5.41) is 13.5. The molecule has 7 nitrogen and oxygen atoms in total. The van der Waals surface area contributed by atoms with Gasteiger partial charge in [0.05, 0.1) is 11.5 Å². The fourth-order valence-electron chi connectivity index (χ4n) is 1.68. The summed E-state index contributed by atoms with van der Waals surface area (Å²) in [6.45, 7) is 4.79. The fraction of sp³-hybridized carbons (Fsp3) is 0.545. The van der Waals surface area contributed by atoms with Crippen LogP contribution in [0.5, 0.6) is 0 Å². The molecule has 0 radical (unpaired) electrons. The number of anilines is 1. The third kappa shape index (κ3) is 3.14. The highest BCUT2D eigenvalue weighted by Gasteiger charge is 2.32. The molecule has 1 aliphatic heterocycles. The minimum atomic E-state index is -0.546. The topological polar surface area (TPSA) is 86.5 Å². The first-order valence-electron chi connectivity index (χ1n) is 5.62. The van der Waals surface area contributed by atoms with Crippen molar-refractivity contribution < 1.29 is 14.4 Å². The number of aromatic nitrogens is 1. The van der Waals surface area contributed by atoms with E-state index in [4.69, 9.17) is 9.47 Å². The zero-order valence-corrected chi connectivity index (χ0v) is 10.3. The standard InChI is InChI=1S/C11H15N3O4/c1-11(2)17-7-9(18-11)6-13-10-4-3-8(5-12-10)14(15)16/h3-5,9H,6-7H2,1-2H3,(H,12,13). The maximum Gasteiger partial charge on any atom is 0.287 e. The molecule has 1 aromatic rings. The normalized spacial score (nSPS) is 21.8. The Bertz CT molecular complexity index is 432.